The quantitative estimate of drug-likeness (QED) is 0.547. The van der Waals surface area contributed by atoms with Crippen LogP contribution in [0, 0.1) is 24.2 Å². The topological polar surface area (TPSA) is 58.4 Å². The lowest BCUT2D eigenvalue weighted by molar-refractivity contribution is -0.131. The van der Waals surface area contributed by atoms with Gasteiger partial charge in [0.05, 0.1) is 18.0 Å². The zero-order chi connectivity index (χ0) is 19.8. The number of hydrogen-bond donors (Lipinski definition) is 1. The van der Waals surface area contributed by atoms with Crippen molar-refractivity contribution in [2.75, 3.05) is 26.7 Å². The fourth-order valence-electron chi connectivity index (χ4n) is 3.55. The van der Waals surface area contributed by atoms with Crippen LogP contribution in [-0.4, -0.2) is 42.6 Å². The maximum absolute atomic E-state index is 12.4. The Morgan fingerprint density at radius 2 is 2.21 bits per heavy atom. The molecular formula is C22H27N3O2S. The monoisotopic (exact) mass is 397 g/mol. The minimum Gasteiger partial charge on any atom is -0.360 e. The van der Waals surface area contributed by atoms with E-state index >= 15 is 0 Å². The highest BCUT2D eigenvalue weighted by molar-refractivity contribution is 7.98. The summed E-state index contributed by atoms with van der Waals surface area (Å²) in [7, 11) is 1.77. The Balaban J connectivity index is 1.54. The van der Waals surface area contributed by atoms with E-state index in [9.17, 15) is 4.79 Å². The Morgan fingerprint density at radius 3 is 3.00 bits per heavy atom. The zero-order valence-electron chi connectivity index (χ0n) is 16.3. The van der Waals surface area contributed by atoms with Gasteiger partial charge in [-0.2, -0.15) is 0 Å². The van der Waals surface area contributed by atoms with Gasteiger partial charge in [0, 0.05) is 24.4 Å². The van der Waals surface area contributed by atoms with Crippen LogP contribution in [0.15, 0.2) is 45.8 Å². The van der Waals surface area contributed by atoms with Crippen LogP contribution < -0.4 is 5.32 Å². The Kier molecular flexibility index (Phi) is 7.58. The molecule has 1 fully saturated rings. The SMILES string of the molecule is C#CCN(C)C(=O)C[C@@H]1CCNC[C@@H]1Cc1cc(CSc2ccccc2)on1. The summed E-state index contributed by atoms with van der Waals surface area (Å²) in [4.78, 5) is 15.2. The first-order chi connectivity index (χ1) is 13.7. The molecule has 1 aromatic heterocycles. The van der Waals surface area contributed by atoms with E-state index in [1.165, 1.54) is 4.90 Å². The smallest absolute Gasteiger partial charge is 0.223 e. The third kappa shape index (κ3) is 5.88. The summed E-state index contributed by atoms with van der Waals surface area (Å²) in [6.45, 7) is 2.21. The molecule has 1 N–H and O–H groups in total. The zero-order valence-corrected chi connectivity index (χ0v) is 17.1. The maximum atomic E-state index is 12.4. The molecule has 0 saturated carbocycles. The summed E-state index contributed by atoms with van der Waals surface area (Å²) in [5, 5.41) is 7.71. The molecule has 3 rings (SSSR count). The molecule has 1 aromatic carbocycles. The van der Waals surface area contributed by atoms with Crippen LogP contribution in [0.3, 0.4) is 0 Å². The fraction of sp³-hybridized carbons (Fsp3) is 0.455. The van der Waals surface area contributed by atoms with E-state index < -0.39 is 0 Å². The standard InChI is InChI=1S/C22H27N3O2S/c1-3-11-25(2)22(26)13-17-9-10-23-15-18(17)12-19-14-20(27-24-19)16-28-21-7-5-4-6-8-21/h1,4-8,14,17-18,23H,9-13,15-16H2,2H3/t17-,18-/m0/s1. The van der Waals surface area contributed by atoms with Gasteiger partial charge in [-0.1, -0.05) is 29.3 Å². The number of carbonyl (C=O) groups excluding carboxylic acids is 1. The third-order valence-electron chi connectivity index (χ3n) is 5.16. The predicted octanol–water partition coefficient (Wildman–Crippen LogP) is 3.22. The Hall–Kier alpha value is -2.23. The first-order valence-corrected chi connectivity index (χ1v) is 10.6. The van der Waals surface area contributed by atoms with Crippen LogP contribution in [-0.2, 0) is 17.0 Å². The summed E-state index contributed by atoms with van der Waals surface area (Å²) in [6, 6.07) is 12.3. The molecule has 5 nitrogen and oxygen atoms in total. The third-order valence-corrected chi connectivity index (χ3v) is 6.19. The summed E-state index contributed by atoms with van der Waals surface area (Å²) in [5.74, 6) is 5.01. The van der Waals surface area contributed by atoms with Crippen molar-refractivity contribution < 1.29 is 9.32 Å². The number of piperidine rings is 1. The average Bonchev–Trinajstić information content (AvgIpc) is 3.16. The normalized spacial score (nSPS) is 19.1. The van der Waals surface area contributed by atoms with E-state index in [-0.39, 0.29) is 5.91 Å². The van der Waals surface area contributed by atoms with Crippen molar-refractivity contribution in [2.24, 2.45) is 11.8 Å². The summed E-state index contributed by atoms with van der Waals surface area (Å²) in [6.07, 6.45) is 7.68. The molecule has 2 heterocycles. The summed E-state index contributed by atoms with van der Waals surface area (Å²) >= 11 is 1.74. The summed E-state index contributed by atoms with van der Waals surface area (Å²) < 4.78 is 5.53. The largest absolute Gasteiger partial charge is 0.360 e. The van der Waals surface area contributed by atoms with Crippen molar-refractivity contribution >= 4 is 17.7 Å². The van der Waals surface area contributed by atoms with E-state index in [2.05, 4.69) is 28.5 Å². The van der Waals surface area contributed by atoms with E-state index in [0.717, 1.165) is 43.1 Å². The molecule has 0 bridgehead atoms. The molecule has 0 radical (unpaired) electrons. The van der Waals surface area contributed by atoms with Crippen molar-refractivity contribution in [3.8, 4) is 12.3 Å². The van der Waals surface area contributed by atoms with Crippen molar-refractivity contribution in [1.29, 1.82) is 0 Å². The first kappa shape index (κ1) is 20.5. The molecule has 0 aliphatic carbocycles. The lowest BCUT2D eigenvalue weighted by Gasteiger charge is -2.32. The highest BCUT2D eigenvalue weighted by Gasteiger charge is 2.29. The Bertz CT molecular complexity index is 800. The second-order valence-electron chi connectivity index (χ2n) is 7.26. The van der Waals surface area contributed by atoms with Gasteiger partial charge in [-0.25, -0.2) is 0 Å². The molecular weight excluding hydrogens is 370 g/mol. The highest BCUT2D eigenvalue weighted by atomic mass is 32.2. The predicted molar refractivity (Wildman–Crippen MR) is 112 cm³/mol. The maximum Gasteiger partial charge on any atom is 0.223 e. The van der Waals surface area contributed by atoms with Crippen LogP contribution in [0.25, 0.3) is 0 Å². The van der Waals surface area contributed by atoms with E-state index in [1.807, 2.05) is 24.3 Å². The first-order valence-electron chi connectivity index (χ1n) is 9.66. The van der Waals surface area contributed by atoms with E-state index in [0.29, 0.717) is 24.8 Å². The van der Waals surface area contributed by atoms with Crippen molar-refractivity contribution in [2.45, 2.75) is 29.9 Å². The van der Waals surface area contributed by atoms with Gasteiger partial charge >= 0.3 is 0 Å². The van der Waals surface area contributed by atoms with Crippen LogP contribution in [0.4, 0.5) is 0 Å². The lowest BCUT2D eigenvalue weighted by atomic mass is 9.81. The number of nitrogens with zero attached hydrogens (tertiary/aromatic N) is 2. The number of thioether (sulfide) groups is 1. The lowest BCUT2D eigenvalue weighted by Crippen LogP contribution is -2.40. The van der Waals surface area contributed by atoms with Crippen molar-refractivity contribution in [3.63, 3.8) is 0 Å². The minimum atomic E-state index is 0.120. The molecule has 148 valence electrons. The average molecular weight is 398 g/mol. The molecule has 2 aromatic rings. The van der Waals surface area contributed by atoms with E-state index in [1.54, 1.807) is 23.7 Å². The number of rotatable bonds is 8. The summed E-state index contributed by atoms with van der Waals surface area (Å²) in [5.41, 5.74) is 0.965. The Labute approximate surface area is 171 Å². The minimum absolute atomic E-state index is 0.120. The highest BCUT2D eigenvalue weighted by Crippen LogP contribution is 2.28. The molecule has 6 heteroatoms. The van der Waals surface area contributed by atoms with Gasteiger partial charge < -0.3 is 14.7 Å². The second-order valence-corrected chi connectivity index (χ2v) is 8.31. The molecule has 1 aliphatic rings. The number of benzene rings is 1. The number of amides is 1. The molecule has 1 amide bonds. The van der Waals surface area contributed by atoms with Crippen LogP contribution >= 0.6 is 11.8 Å². The number of terminal acetylenes is 1. The molecule has 0 spiro atoms. The van der Waals surface area contributed by atoms with Gasteiger partial charge in [0.15, 0.2) is 0 Å². The van der Waals surface area contributed by atoms with E-state index in [4.69, 9.17) is 10.9 Å². The molecule has 0 unspecified atom stereocenters. The van der Waals surface area contributed by atoms with Gasteiger partial charge in [0.1, 0.15) is 5.76 Å². The van der Waals surface area contributed by atoms with Gasteiger partial charge in [-0.3, -0.25) is 4.79 Å². The van der Waals surface area contributed by atoms with Crippen molar-refractivity contribution in [3.05, 3.63) is 47.9 Å². The number of carbonyl (C=O) groups is 1. The Morgan fingerprint density at radius 1 is 1.39 bits per heavy atom. The molecule has 28 heavy (non-hydrogen) atoms. The van der Waals surface area contributed by atoms with Crippen LogP contribution in [0.5, 0.6) is 0 Å². The second kappa shape index (κ2) is 10.4. The molecule has 1 saturated heterocycles. The fourth-order valence-corrected chi connectivity index (χ4v) is 4.34. The number of nitrogens with one attached hydrogen (secondary N) is 1. The van der Waals surface area contributed by atoms with Crippen LogP contribution in [0.2, 0.25) is 0 Å². The van der Waals surface area contributed by atoms with Gasteiger partial charge in [-0.15, -0.1) is 18.2 Å². The number of hydrogen-bond acceptors (Lipinski definition) is 5. The van der Waals surface area contributed by atoms with Crippen LogP contribution in [0.1, 0.15) is 24.3 Å². The number of aromatic nitrogens is 1. The van der Waals surface area contributed by atoms with Gasteiger partial charge in [0.2, 0.25) is 5.91 Å². The molecule has 1 aliphatic heterocycles. The van der Waals surface area contributed by atoms with Gasteiger partial charge in [-0.05, 0) is 49.9 Å². The van der Waals surface area contributed by atoms with Crippen molar-refractivity contribution in [1.82, 2.24) is 15.4 Å². The molecule has 2 atom stereocenters. The van der Waals surface area contributed by atoms with Gasteiger partial charge in [0.25, 0.3) is 0 Å².